The number of hydrogen-bond acceptors (Lipinski definition) is 2. The van der Waals surface area contributed by atoms with Crippen LogP contribution in [-0.4, -0.2) is 9.97 Å². The van der Waals surface area contributed by atoms with E-state index in [1.165, 1.54) is 0 Å². The molecule has 0 radical (unpaired) electrons. The summed E-state index contributed by atoms with van der Waals surface area (Å²) in [5, 5.41) is 0. The minimum absolute atomic E-state index is 0. The molecule has 0 amide bonds. The Kier molecular flexibility index (Phi) is 7.98. The van der Waals surface area contributed by atoms with Crippen molar-refractivity contribution in [2.45, 2.75) is 0 Å². The van der Waals surface area contributed by atoms with Gasteiger partial charge in [-0.2, -0.15) is 0 Å². The van der Waals surface area contributed by atoms with Gasteiger partial charge >= 0.3 is 16.8 Å². The molecular weight excluding hydrogens is 643 g/mol. The summed E-state index contributed by atoms with van der Waals surface area (Å²) in [7, 11) is 0. The molecule has 0 atom stereocenters. The molecule has 0 fully saturated rings. The first-order chi connectivity index (χ1) is 23.8. The summed E-state index contributed by atoms with van der Waals surface area (Å²) >= 11 is 0. The molecule has 5 heterocycles. The standard InChI is InChI=1S/C44H28N4.Co/c1-5-13-29(14-6-1)41-33-21-23-35(45-33)42(30-15-7-2-8-16-30)37-25-27-39(47-37)44(32-19-11-4-12-20-32)40-28-26-38(48-40)43(31-17-9-3-10-18-31)36-24-22-34(41)46-36;/h1-28H;/q-2;+3. The van der Waals surface area contributed by atoms with Crippen LogP contribution in [0.5, 0.6) is 0 Å². The largest absolute Gasteiger partial charge is 3.00 e. The van der Waals surface area contributed by atoms with Crippen LogP contribution >= 0.6 is 0 Å². The monoisotopic (exact) mass is 671 g/mol. The Balaban J connectivity index is 0.00000348. The fourth-order valence-electron chi connectivity index (χ4n) is 6.69. The molecule has 4 nitrogen and oxygen atoms in total. The molecule has 232 valence electrons. The van der Waals surface area contributed by atoms with Crippen LogP contribution in [0, 0.1) is 0 Å². The first-order valence-corrected chi connectivity index (χ1v) is 16.1. The third-order valence-electron chi connectivity index (χ3n) is 8.86. The van der Waals surface area contributed by atoms with Gasteiger partial charge in [-0.15, -0.1) is 22.1 Å². The van der Waals surface area contributed by atoms with Crippen molar-refractivity contribution in [3.8, 4) is 44.5 Å². The maximum absolute atomic E-state index is 5.31. The summed E-state index contributed by atoms with van der Waals surface area (Å²) in [5.74, 6) is 0. The van der Waals surface area contributed by atoms with Gasteiger partial charge in [0, 0.05) is 0 Å². The van der Waals surface area contributed by atoms with Crippen LogP contribution in [0.3, 0.4) is 0 Å². The predicted octanol–water partition coefficient (Wildman–Crippen LogP) is 10.6. The average Bonchev–Trinajstić information content (AvgIpc) is 3.98. The molecule has 3 aromatic heterocycles. The summed E-state index contributed by atoms with van der Waals surface area (Å²) in [4.78, 5) is 21.2. The quantitative estimate of drug-likeness (QED) is 0.187. The molecule has 5 heteroatoms. The molecule has 7 aromatic rings. The van der Waals surface area contributed by atoms with Crippen molar-refractivity contribution in [2.75, 3.05) is 0 Å². The molecule has 0 saturated heterocycles. The fourth-order valence-corrected chi connectivity index (χ4v) is 6.69. The second-order valence-electron chi connectivity index (χ2n) is 11.8. The Morgan fingerprint density at radius 2 is 0.510 bits per heavy atom. The van der Waals surface area contributed by atoms with Crippen molar-refractivity contribution in [3.05, 3.63) is 168 Å². The van der Waals surface area contributed by atoms with Crippen molar-refractivity contribution < 1.29 is 16.8 Å². The Hall–Kier alpha value is -6.01. The third-order valence-corrected chi connectivity index (χ3v) is 8.86. The summed E-state index contributed by atoms with van der Waals surface area (Å²) in [5.41, 5.74) is 15.0. The molecule has 4 aromatic carbocycles. The Labute approximate surface area is 294 Å². The van der Waals surface area contributed by atoms with Gasteiger partial charge in [-0.25, -0.2) is 9.97 Å². The van der Waals surface area contributed by atoms with Crippen LogP contribution in [0.15, 0.2) is 146 Å². The van der Waals surface area contributed by atoms with Crippen LogP contribution in [0.25, 0.3) is 90.9 Å². The van der Waals surface area contributed by atoms with E-state index in [0.717, 1.165) is 89.4 Å². The van der Waals surface area contributed by atoms with Crippen molar-refractivity contribution in [2.24, 2.45) is 0 Å². The predicted molar refractivity (Wildman–Crippen MR) is 199 cm³/mol. The summed E-state index contributed by atoms with van der Waals surface area (Å²) in [6.07, 6.45) is 8.41. The Bertz CT molecular complexity index is 2180. The van der Waals surface area contributed by atoms with Gasteiger partial charge in [0.05, 0.1) is 22.8 Å². The van der Waals surface area contributed by atoms with E-state index in [-0.39, 0.29) is 16.8 Å². The minimum atomic E-state index is 0. The third kappa shape index (κ3) is 5.55. The molecule has 2 aliphatic heterocycles. The number of rotatable bonds is 4. The van der Waals surface area contributed by atoms with Gasteiger partial charge in [0.1, 0.15) is 0 Å². The van der Waals surface area contributed by atoms with Crippen molar-refractivity contribution in [1.82, 2.24) is 19.9 Å². The van der Waals surface area contributed by atoms with Gasteiger partial charge in [-0.3, -0.25) is 0 Å². The van der Waals surface area contributed by atoms with Crippen molar-refractivity contribution in [3.63, 3.8) is 0 Å². The molecule has 0 saturated carbocycles. The van der Waals surface area contributed by atoms with Crippen LogP contribution in [0.4, 0.5) is 0 Å². The zero-order valence-corrected chi connectivity index (χ0v) is 27.3. The van der Waals surface area contributed by atoms with Crippen LogP contribution in [-0.2, 0) is 16.8 Å². The smallest absolute Gasteiger partial charge is 0.657 e. The number of aromatic nitrogens is 4. The zero-order valence-electron chi connectivity index (χ0n) is 26.3. The molecule has 2 aliphatic rings. The van der Waals surface area contributed by atoms with Crippen LogP contribution < -0.4 is 9.97 Å². The van der Waals surface area contributed by atoms with E-state index in [1.807, 2.05) is 24.3 Å². The maximum Gasteiger partial charge on any atom is 3.00 e. The van der Waals surface area contributed by atoms with Gasteiger partial charge in [0.2, 0.25) is 0 Å². The molecular formula is C44H28CoN4+. The van der Waals surface area contributed by atoms with Gasteiger partial charge in [0.15, 0.2) is 0 Å². The van der Waals surface area contributed by atoms with E-state index in [0.29, 0.717) is 0 Å². The normalized spacial score (nSPS) is 11.8. The van der Waals surface area contributed by atoms with E-state index in [2.05, 4.69) is 146 Å². The SMILES string of the molecule is C1=Cc2nc1c(-c1ccccc1)c1ccc([n-]1)c(-c1ccccc1)c1nc(c(-c3ccccc3)c3ccc([n-]3)c2-c2ccccc2)C=C1.[Co+3]. The average molecular weight is 672 g/mol. The van der Waals surface area contributed by atoms with Crippen molar-refractivity contribution >= 4 is 46.4 Å². The molecule has 9 rings (SSSR count). The Morgan fingerprint density at radius 3 is 0.735 bits per heavy atom. The Morgan fingerprint density at radius 1 is 0.286 bits per heavy atom. The number of hydrogen-bond donors (Lipinski definition) is 0. The van der Waals surface area contributed by atoms with Gasteiger partial charge in [-0.1, -0.05) is 146 Å². The molecule has 8 bridgehead atoms. The molecule has 0 unspecified atom stereocenters. The van der Waals surface area contributed by atoms with Gasteiger partial charge in [0.25, 0.3) is 0 Å². The molecule has 49 heavy (non-hydrogen) atoms. The van der Waals surface area contributed by atoms with E-state index in [1.54, 1.807) is 0 Å². The number of fused-ring (bicyclic) bond motifs is 8. The number of nitrogens with zero attached hydrogens (tertiary/aromatic N) is 4. The van der Waals surface area contributed by atoms with Crippen LogP contribution in [0.1, 0.15) is 22.8 Å². The fraction of sp³-hybridized carbons (Fsp3) is 0. The summed E-state index contributed by atoms with van der Waals surface area (Å²) in [6, 6.07) is 50.0. The second-order valence-corrected chi connectivity index (χ2v) is 11.8. The van der Waals surface area contributed by atoms with E-state index in [9.17, 15) is 0 Å². The van der Waals surface area contributed by atoms with Gasteiger partial charge in [-0.05, 0) is 68.8 Å². The van der Waals surface area contributed by atoms with E-state index in [4.69, 9.17) is 19.9 Å². The summed E-state index contributed by atoms with van der Waals surface area (Å²) in [6.45, 7) is 0. The minimum Gasteiger partial charge on any atom is -0.657 e. The summed E-state index contributed by atoms with van der Waals surface area (Å²) < 4.78 is 0. The second kappa shape index (κ2) is 12.9. The molecule has 0 N–H and O–H groups in total. The number of benzene rings is 4. The first-order valence-electron chi connectivity index (χ1n) is 16.1. The first kappa shape index (κ1) is 30.3. The topological polar surface area (TPSA) is 54.0 Å². The van der Waals surface area contributed by atoms with Crippen LogP contribution in [0.2, 0.25) is 0 Å². The van der Waals surface area contributed by atoms with E-state index < -0.39 is 0 Å². The molecule has 0 spiro atoms. The maximum atomic E-state index is 5.31. The van der Waals surface area contributed by atoms with E-state index >= 15 is 0 Å². The van der Waals surface area contributed by atoms with Gasteiger partial charge < -0.3 is 9.97 Å². The zero-order chi connectivity index (χ0) is 31.9. The molecule has 0 aliphatic carbocycles. The van der Waals surface area contributed by atoms with Crippen molar-refractivity contribution in [1.29, 1.82) is 0 Å².